The van der Waals surface area contributed by atoms with E-state index in [4.69, 9.17) is 9.47 Å². The fourth-order valence-electron chi connectivity index (χ4n) is 2.25. The Morgan fingerprint density at radius 2 is 1.69 bits per heavy atom. The summed E-state index contributed by atoms with van der Waals surface area (Å²) in [4.78, 5) is 10.9. The van der Waals surface area contributed by atoms with Gasteiger partial charge in [-0.1, -0.05) is 30.9 Å². The maximum atomic E-state index is 10.9. The number of benzene rings is 2. The van der Waals surface area contributed by atoms with Gasteiger partial charge in [-0.25, -0.2) is 0 Å². The standard InChI is InChI=1S/C13H16O3.C8H10O2/c1-3-11-9-10(7-8-12(11)14)5-4-6-13(15)16-2;1-9-7-5-3-4-6-8(7)10-2/h3,7-9,14H,1,4-6H2,2H3;3-6H,1-2H3. The van der Waals surface area contributed by atoms with Crippen molar-refractivity contribution in [3.63, 3.8) is 0 Å². The van der Waals surface area contributed by atoms with Crippen LogP contribution >= 0.6 is 0 Å². The Morgan fingerprint density at radius 1 is 1.08 bits per heavy atom. The van der Waals surface area contributed by atoms with Crippen molar-refractivity contribution in [3.8, 4) is 17.2 Å². The molecule has 1 N–H and O–H groups in total. The van der Waals surface area contributed by atoms with Crippen molar-refractivity contribution in [1.29, 1.82) is 0 Å². The van der Waals surface area contributed by atoms with Gasteiger partial charge in [0.2, 0.25) is 0 Å². The van der Waals surface area contributed by atoms with E-state index in [1.807, 2.05) is 36.4 Å². The minimum atomic E-state index is -0.192. The number of carbonyl (C=O) groups is 1. The van der Waals surface area contributed by atoms with Gasteiger partial charge in [-0.3, -0.25) is 4.79 Å². The predicted molar refractivity (Wildman–Crippen MR) is 103 cm³/mol. The number of methoxy groups -OCH3 is 3. The number of ether oxygens (including phenoxy) is 3. The van der Waals surface area contributed by atoms with E-state index in [2.05, 4.69) is 11.3 Å². The number of carbonyl (C=O) groups excluding carboxylic acids is 1. The minimum absolute atomic E-state index is 0.192. The van der Waals surface area contributed by atoms with Crippen molar-refractivity contribution in [2.75, 3.05) is 21.3 Å². The molecule has 0 saturated heterocycles. The van der Waals surface area contributed by atoms with Crippen molar-refractivity contribution in [1.82, 2.24) is 0 Å². The molecule has 0 heterocycles. The van der Waals surface area contributed by atoms with E-state index in [1.54, 1.807) is 26.4 Å². The molecule has 5 heteroatoms. The first-order valence-electron chi connectivity index (χ1n) is 8.23. The fraction of sp³-hybridized carbons (Fsp3) is 0.286. The van der Waals surface area contributed by atoms with Crippen molar-refractivity contribution < 1.29 is 24.1 Å². The Morgan fingerprint density at radius 3 is 2.19 bits per heavy atom. The SMILES string of the molecule is C=Cc1cc(CCCC(=O)OC)ccc1O.COc1ccccc1OC. The van der Waals surface area contributed by atoms with E-state index >= 15 is 0 Å². The maximum Gasteiger partial charge on any atom is 0.305 e. The fourth-order valence-corrected chi connectivity index (χ4v) is 2.25. The molecule has 0 fully saturated rings. The Bertz CT molecular complexity index is 686. The van der Waals surface area contributed by atoms with Gasteiger partial charge in [0.25, 0.3) is 0 Å². The molecule has 0 aliphatic carbocycles. The molecule has 140 valence electrons. The number of hydrogen-bond donors (Lipinski definition) is 1. The lowest BCUT2D eigenvalue weighted by Gasteiger charge is -2.04. The normalized spacial score (nSPS) is 9.50. The van der Waals surface area contributed by atoms with E-state index in [0.29, 0.717) is 6.42 Å². The second kappa shape index (κ2) is 11.6. The van der Waals surface area contributed by atoms with Gasteiger partial charge in [0.05, 0.1) is 21.3 Å². The van der Waals surface area contributed by atoms with Crippen LogP contribution in [0.25, 0.3) is 6.08 Å². The molecule has 2 rings (SSSR count). The molecule has 0 saturated carbocycles. The third-order valence-corrected chi connectivity index (χ3v) is 3.67. The summed E-state index contributed by atoms with van der Waals surface area (Å²) in [6.07, 6.45) is 3.56. The first-order valence-corrected chi connectivity index (χ1v) is 8.23. The van der Waals surface area contributed by atoms with Gasteiger partial charge in [0, 0.05) is 12.0 Å². The molecule has 0 bridgehead atoms. The molecule has 2 aromatic carbocycles. The molecule has 0 aromatic heterocycles. The van der Waals surface area contributed by atoms with Crippen LogP contribution in [0.5, 0.6) is 17.2 Å². The highest BCUT2D eigenvalue weighted by Gasteiger charge is 2.03. The van der Waals surface area contributed by atoms with Crippen molar-refractivity contribution in [3.05, 3.63) is 60.2 Å². The largest absolute Gasteiger partial charge is 0.507 e. The van der Waals surface area contributed by atoms with E-state index in [1.165, 1.54) is 7.11 Å². The predicted octanol–water partition coefficient (Wildman–Crippen LogP) is 4.23. The van der Waals surface area contributed by atoms with Crippen molar-refractivity contribution >= 4 is 12.0 Å². The third-order valence-electron chi connectivity index (χ3n) is 3.67. The lowest BCUT2D eigenvalue weighted by Crippen LogP contribution is -2.00. The summed E-state index contributed by atoms with van der Waals surface area (Å²) in [5.41, 5.74) is 1.80. The Hall–Kier alpha value is -2.95. The lowest BCUT2D eigenvalue weighted by molar-refractivity contribution is -0.140. The van der Waals surface area contributed by atoms with Crippen LogP contribution in [0.4, 0.5) is 0 Å². The summed E-state index contributed by atoms with van der Waals surface area (Å²) in [5.74, 6) is 1.57. The van der Waals surface area contributed by atoms with Gasteiger partial charge in [0.15, 0.2) is 11.5 Å². The molecule has 26 heavy (non-hydrogen) atoms. The van der Waals surface area contributed by atoms with E-state index in [9.17, 15) is 9.90 Å². The number of aryl methyl sites for hydroxylation is 1. The number of phenols is 1. The van der Waals surface area contributed by atoms with Gasteiger partial charge in [-0.2, -0.15) is 0 Å². The summed E-state index contributed by atoms with van der Waals surface area (Å²) >= 11 is 0. The quantitative estimate of drug-likeness (QED) is 0.750. The lowest BCUT2D eigenvalue weighted by atomic mass is 10.0. The summed E-state index contributed by atoms with van der Waals surface area (Å²) in [6.45, 7) is 3.62. The van der Waals surface area contributed by atoms with Gasteiger partial charge >= 0.3 is 5.97 Å². The zero-order valence-corrected chi connectivity index (χ0v) is 15.5. The van der Waals surface area contributed by atoms with Crippen molar-refractivity contribution in [2.45, 2.75) is 19.3 Å². The van der Waals surface area contributed by atoms with E-state index in [-0.39, 0.29) is 11.7 Å². The average molecular weight is 358 g/mol. The molecule has 2 aromatic rings. The number of hydrogen-bond acceptors (Lipinski definition) is 5. The van der Waals surface area contributed by atoms with Gasteiger partial charge in [-0.05, 0) is 42.7 Å². The molecular weight excluding hydrogens is 332 g/mol. The van der Waals surface area contributed by atoms with Crippen LogP contribution in [0.15, 0.2) is 49.0 Å². The van der Waals surface area contributed by atoms with Gasteiger partial charge in [0.1, 0.15) is 5.75 Å². The zero-order chi connectivity index (χ0) is 19.4. The highest BCUT2D eigenvalue weighted by molar-refractivity contribution is 5.69. The monoisotopic (exact) mass is 358 g/mol. The molecule has 0 unspecified atom stereocenters. The molecule has 0 radical (unpaired) electrons. The summed E-state index contributed by atoms with van der Waals surface area (Å²) in [7, 11) is 4.63. The molecule has 0 spiro atoms. The van der Waals surface area contributed by atoms with E-state index in [0.717, 1.165) is 35.5 Å². The molecule has 0 aliphatic rings. The molecule has 0 atom stereocenters. The smallest absolute Gasteiger partial charge is 0.305 e. The van der Waals surface area contributed by atoms with Crippen LogP contribution < -0.4 is 9.47 Å². The Balaban J connectivity index is 0.000000289. The highest BCUT2D eigenvalue weighted by Crippen LogP contribution is 2.24. The van der Waals surface area contributed by atoms with E-state index < -0.39 is 0 Å². The maximum absolute atomic E-state index is 10.9. The zero-order valence-electron chi connectivity index (χ0n) is 15.5. The van der Waals surface area contributed by atoms with Crippen LogP contribution in [0.2, 0.25) is 0 Å². The minimum Gasteiger partial charge on any atom is -0.507 e. The third kappa shape index (κ3) is 6.89. The summed E-state index contributed by atoms with van der Waals surface area (Å²) < 4.78 is 14.6. The molecule has 0 amide bonds. The average Bonchev–Trinajstić information content (AvgIpc) is 2.69. The second-order valence-corrected chi connectivity index (χ2v) is 5.38. The van der Waals surface area contributed by atoms with Crippen LogP contribution in [-0.4, -0.2) is 32.4 Å². The summed E-state index contributed by atoms with van der Waals surface area (Å²) in [5, 5.41) is 9.44. The van der Waals surface area contributed by atoms with Crippen LogP contribution in [-0.2, 0) is 16.0 Å². The Kier molecular flexibility index (Phi) is 9.39. The molecule has 0 aliphatic heterocycles. The Labute approximate surface area is 154 Å². The first kappa shape index (κ1) is 21.1. The number of esters is 1. The second-order valence-electron chi connectivity index (χ2n) is 5.38. The van der Waals surface area contributed by atoms with Crippen LogP contribution in [0.3, 0.4) is 0 Å². The summed E-state index contributed by atoms with van der Waals surface area (Å²) in [6, 6.07) is 12.9. The number of aromatic hydroxyl groups is 1. The van der Waals surface area contributed by atoms with Crippen molar-refractivity contribution in [2.24, 2.45) is 0 Å². The first-order chi connectivity index (χ1) is 12.5. The number of phenolic OH excluding ortho intramolecular Hbond substituents is 1. The van der Waals surface area contributed by atoms with Gasteiger partial charge < -0.3 is 19.3 Å². The number of rotatable bonds is 7. The molecular formula is C21H26O5. The van der Waals surface area contributed by atoms with Crippen LogP contribution in [0.1, 0.15) is 24.0 Å². The molecule has 5 nitrogen and oxygen atoms in total. The number of para-hydroxylation sites is 2. The topological polar surface area (TPSA) is 65.0 Å². The van der Waals surface area contributed by atoms with Gasteiger partial charge in [-0.15, -0.1) is 0 Å². The van der Waals surface area contributed by atoms with Crippen LogP contribution in [0, 0.1) is 0 Å². The highest BCUT2D eigenvalue weighted by atomic mass is 16.5.